The van der Waals surface area contributed by atoms with E-state index in [1.54, 1.807) is 0 Å². The van der Waals surface area contributed by atoms with Crippen LogP contribution in [0.5, 0.6) is 0 Å². The van der Waals surface area contributed by atoms with Gasteiger partial charge in [-0.25, -0.2) is 0 Å². The Hall–Kier alpha value is -0.430. The van der Waals surface area contributed by atoms with Crippen molar-refractivity contribution < 1.29 is 0 Å². The SMILES string of the molecule is CSc1ccc(CC2CCC2)cc1. The molecule has 1 aliphatic rings. The van der Waals surface area contributed by atoms with E-state index in [1.807, 2.05) is 11.8 Å². The maximum absolute atomic E-state index is 2.28. The Labute approximate surface area is 84.7 Å². The lowest BCUT2D eigenvalue weighted by molar-refractivity contribution is 0.314. The van der Waals surface area contributed by atoms with Crippen LogP contribution in [0.3, 0.4) is 0 Å². The number of benzene rings is 1. The predicted molar refractivity (Wildman–Crippen MR) is 59.3 cm³/mol. The lowest BCUT2D eigenvalue weighted by Gasteiger charge is -2.25. The van der Waals surface area contributed by atoms with Crippen LogP contribution in [0.4, 0.5) is 0 Å². The van der Waals surface area contributed by atoms with Gasteiger partial charge in [-0.2, -0.15) is 0 Å². The molecule has 13 heavy (non-hydrogen) atoms. The summed E-state index contributed by atoms with van der Waals surface area (Å²) in [7, 11) is 0. The molecule has 0 bridgehead atoms. The average Bonchev–Trinajstić information content (AvgIpc) is 2.12. The van der Waals surface area contributed by atoms with Crippen molar-refractivity contribution in [1.82, 2.24) is 0 Å². The Bertz CT molecular complexity index is 259. The molecule has 1 saturated carbocycles. The molecule has 0 unspecified atom stereocenters. The first-order valence-corrected chi connectivity index (χ1v) is 6.24. The third kappa shape index (κ3) is 2.28. The number of hydrogen-bond acceptors (Lipinski definition) is 1. The van der Waals surface area contributed by atoms with Gasteiger partial charge in [-0.05, 0) is 36.3 Å². The normalized spacial score (nSPS) is 17.0. The van der Waals surface area contributed by atoms with Gasteiger partial charge in [-0.3, -0.25) is 0 Å². The fourth-order valence-electron chi connectivity index (χ4n) is 1.79. The van der Waals surface area contributed by atoms with Gasteiger partial charge in [0.25, 0.3) is 0 Å². The molecule has 2 rings (SSSR count). The Morgan fingerprint density at radius 1 is 1.23 bits per heavy atom. The summed E-state index contributed by atoms with van der Waals surface area (Å²) in [5.41, 5.74) is 1.52. The van der Waals surface area contributed by atoms with Gasteiger partial charge in [-0.15, -0.1) is 11.8 Å². The molecule has 1 aromatic rings. The predicted octanol–water partition coefficient (Wildman–Crippen LogP) is 3.75. The molecule has 0 spiro atoms. The molecular weight excluding hydrogens is 176 g/mol. The summed E-state index contributed by atoms with van der Waals surface area (Å²) in [5, 5.41) is 0. The van der Waals surface area contributed by atoms with Crippen LogP contribution in [0.25, 0.3) is 0 Å². The molecule has 0 saturated heterocycles. The van der Waals surface area contributed by atoms with Crippen LogP contribution in [-0.4, -0.2) is 6.26 Å². The number of thioether (sulfide) groups is 1. The minimum Gasteiger partial charge on any atom is -0.130 e. The van der Waals surface area contributed by atoms with Crippen molar-refractivity contribution in [2.24, 2.45) is 5.92 Å². The molecule has 0 aliphatic heterocycles. The van der Waals surface area contributed by atoms with Crippen LogP contribution >= 0.6 is 11.8 Å². The van der Waals surface area contributed by atoms with Crippen molar-refractivity contribution in [3.63, 3.8) is 0 Å². The Balaban J connectivity index is 1.96. The monoisotopic (exact) mass is 192 g/mol. The molecule has 0 nitrogen and oxygen atoms in total. The summed E-state index contributed by atoms with van der Waals surface area (Å²) in [6.45, 7) is 0. The fraction of sp³-hybridized carbons (Fsp3) is 0.500. The molecule has 0 atom stereocenters. The lowest BCUT2D eigenvalue weighted by atomic mass is 9.81. The third-order valence-corrected chi connectivity index (χ3v) is 3.65. The average molecular weight is 192 g/mol. The van der Waals surface area contributed by atoms with Crippen molar-refractivity contribution in [2.75, 3.05) is 6.26 Å². The van der Waals surface area contributed by atoms with Gasteiger partial charge < -0.3 is 0 Å². The topological polar surface area (TPSA) is 0 Å². The van der Waals surface area contributed by atoms with Crippen LogP contribution < -0.4 is 0 Å². The molecule has 1 heteroatoms. The van der Waals surface area contributed by atoms with Crippen molar-refractivity contribution >= 4 is 11.8 Å². The summed E-state index contributed by atoms with van der Waals surface area (Å²) in [6.07, 6.45) is 7.78. The molecule has 0 heterocycles. The summed E-state index contributed by atoms with van der Waals surface area (Å²) in [4.78, 5) is 1.37. The van der Waals surface area contributed by atoms with Gasteiger partial charge in [0.15, 0.2) is 0 Å². The summed E-state index contributed by atoms with van der Waals surface area (Å²) in [5.74, 6) is 0.986. The smallest absolute Gasteiger partial charge is 0.00693 e. The first kappa shape index (κ1) is 9.14. The molecular formula is C12H16S. The van der Waals surface area contributed by atoms with Crippen molar-refractivity contribution in [3.8, 4) is 0 Å². The maximum Gasteiger partial charge on any atom is 0.00693 e. The van der Waals surface area contributed by atoms with Gasteiger partial charge in [-0.1, -0.05) is 31.4 Å². The summed E-state index contributed by atoms with van der Waals surface area (Å²) < 4.78 is 0. The Morgan fingerprint density at radius 3 is 2.38 bits per heavy atom. The minimum absolute atomic E-state index is 0.986. The van der Waals surface area contributed by atoms with Gasteiger partial charge in [0.05, 0.1) is 0 Å². The highest BCUT2D eigenvalue weighted by molar-refractivity contribution is 7.98. The van der Waals surface area contributed by atoms with E-state index < -0.39 is 0 Å². The minimum atomic E-state index is 0.986. The van der Waals surface area contributed by atoms with Gasteiger partial charge >= 0.3 is 0 Å². The highest BCUT2D eigenvalue weighted by Crippen LogP contribution is 2.30. The first-order valence-electron chi connectivity index (χ1n) is 5.01. The quantitative estimate of drug-likeness (QED) is 0.657. The Morgan fingerprint density at radius 2 is 1.92 bits per heavy atom. The van der Waals surface area contributed by atoms with Crippen LogP contribution in [0.1, 0.15) is 24.8 Å². The van der Waals surface area contributed by atoms with E-state index in [9.17, 15) is 0 Å². The molecule has 0 aromatic heterocycles. The molecule has 0 N–H and O–H groups in total. The number of hydrogen-bond donors (Lipinski definition) is 0. The van der Waals surface area contributed by atoms with E-state index in [-0.39, 0.29) is 0 Å². The summed E-state index contributed by atoms with van der Waals surface area (Å²) in [6, 6.07) is 9.03. The van der Waals surface area contributed by atoms with E-state index in [0.717, 1.165) is 5.92 Å². The maximum atomic E-state index is 2.28. The molecule has 70 valence electrons. The standard InChI is InChI=1S/C12H16S/c1-13-12-7-5-11(6-8-12)9-10-3-2-4-10/h5-8,10H,2-4,9H2,1H3. The van der Waals surface area contributed by atoms with Gasteiger partial charge in [0.2, 0.25) is 0 Å². The van der Waals surface area contributed by atoms with E-state index in [2.05, 4.69) is 30.5 Å². The highest BCUT2D eigenvalue weighted by Gasteiger charge is 2.17. The van der Waals surface area contributed by atoms with Crippen molar-refractivity contribution in [1.29, 1.82) is 0 Å². The van der Waals surface area contributed by atoms with E-state index in [0.29, 0.717) is 0 Å². The van der Waals surface area contributed by atoms with Gasteiger partial charge in [0.1, 0.15) is 0 Å². The van der Waals surface area contributed by atoms with Crippen molar-refractivity contribution in [3.05, 3.63) is 29.8 Å². The zero-order chi connectivity index (χ0) is 9.10. The number of rotatable bonds is 3. The van der Waals surface area contributed by atoms with Crippen LogP contribution in [0.2, 0.25) is 0 Å². The lowest BCUT2D eigenvalue weighted by Crippen LogP contribution is -2.13. The molecule has 0 amide bonds. The first-order chi connectivity index (χ1) is 6.38. The fourth-order valence-corrected chi connectivity index (χ4v) is 2.20. The largest absolute Gasteiger partial charge is 0.130 e. The van der Waals surface area contributed by atoms with Crippen LogP contribution in [0.15, 0.2) is 29.2 Å². The van der Waals surface area contributed by atoms with Crippen LogP contribution in [-0.2, 0) is 6.42 Å². The second-order valence-electron chi connectivity index (χ2n) is 3.85. The van der Waals surface area contributed by atoms with E-state index in [4.69, 9.17) is 0 Å². The van der Waals surface area contributed by atoms with E-state index in [1.165, 1.54) is 36.1 Å². The van der Waals surface area contributed by atoms with Gasteiger partial charge in [0, 0.05) is 4.90 Å². The van der Waals surface area contributed by atoms with Crippen LogP contribution in [0, 0.1) is 5.92 Å². The molecule has 1 aliphatic carbocycles. The van der Waals surface area contributed by atoms with E-state index >= 15 is 0 Å². The third-order valence-electron chi connectivity index (χ3n) is 2.91. The molecule has 1 aromatic carbocycles. The highest BCUT2D eigenvalue weighted by atomic mass is 32.2. The second-order valence-corrected chi connectivity index (χ2v) is 4.73. The molecule has 1 fully saturated rings. The zero-order valence-electron chi connectivity index (χ0n) is 8.12. The zero-order valence-corrected chi connectivity index (χ0v) is 8.94. The summed E-state index contributed by atoms with van der Waals surface area (Å²) >= 11 is 1.82. The second kappa shape index (κ2) is 4.19. The Kier molecular flexibility index (Phi) is 2.94. The van der Waals surface area contributed by atoms with Crippen molar-refractivity contribution in [2.45, 2.75) is 30.6 Å². The molecule has 0 radical (unpaired) electrons.